The Morgan fingerprint density at radius 1 is 1.38 bits per heavy atom. The van der Waals surface area contributed by atoms with Crippen molar-refractivity contribution in [3.63, 3.8) is 0 Å². The molecule has 16 heavy (non-hydrogen) atoms. The zero-order valence-electron chi connectivity index (χ0n) is 9.90. The minimum absolute atomic E-state index is 0.275. The van der Waals surface area contributed by atoms with Crippen LogP contribution in [0, 0.1) is 5.92 Å². The number of ether oxygens (including phenoxy) is 1. The largest absolute Gasteiger partial charge is 0.462 e. The summed E-state index contributed by atoms with van der Waals surface area (Å²) in [6.45, 7) is 4.69. The van der Waals surface area contributed by atoms with Gasteiger partial charge in [0.05, 0.1) is 12.2 Å². The maximum Gasteiger partial charge on any atom is 0.338 e. The average Bonchev–Trinajstić information content (AvgIpc) is 2.27. The fraction of sp³-hybridized carbons (Fsp3) is 0.462. The summed E-state index contributed by atoms with van der Waals surface area (Å²) in [5, 5.41) is 0. The van der Waals surface area contributed by atoms with Gasteiger partial charge in [-0.25, -0.2) is 4.79 Å². The first kappa shape index (κ1) is 12.6. The van der Waals surface area contributed by atoms with E-state index >= 15 is 0 Å². The third kappa shape index (κ3) is 3.93. The molecule has 0 spiro atoms. The van der Waals surface area contributed by atoms with E-state index in [1.165, 1.54) is 0 Å². The summed E-state index contributed by atoms with van der Waals surface area (Å²) in [5.74, 6) is 0.144. The molecule has 0 aliphatic rings. The second kappa shape index (κ2) is 6.16. The predicted octanol–water partition coefficient (Wildman–Crippen LogP) is 2.86. The van der Waals surface area contributed by atoms with Crippen LogP contribution in [0.1, 0.15) is 37.0 Å². The maximum absolute atomic E-state index is 11.6. The van der Waals surface area contributed by atoms with Gasteiger partial charge in [-0.2, -0.15) is 0 Å². The highest BCUT2D eigenvalue weighted by molar-refractivity contribution is 5.89. The number of carbonyl (C=O) groups is 1. The molecule has 0 aliphatic carbocycles. The standard InChI is InChI=1S/C13H19NO2/c1-3-4-10(2)9-16-13(15)11-5-7-12(14)8-6-11/h5-8,10H,3-4,9,14H2,1-2H3. The van der Waals surface area contributed by atoms with Crippen molar-refractivity contribution in [3.8, 4) is 0 Å². The summed E-state index contributed by atoms with van der Waals surface area (Å²) in [7, 11) is 0. The lowest BCUT2D eigenvalue weighted by atomic mass is 10.1. The highest BCUT2D eigenvalue weighted by Gasteiger charge is 2.08. The van der Waals surface area contributed by atoms with Crippen molar-refractivity contribution in [2.45, 2.75) is 26.7 Å². The van der Waals surface area contributed by atoms with Gasteiger partial charge in [0.2, 0.25) is 0 Å². The van der Waals surface area contributed by atoms with E-state index in [4.69, 9.17) is 10.5 Å². The summed E-state index contributed by atoms with van der Waals surface area (Å²) in [5.41, 5.74) is 6.74. The number of hydrogen-bond acceptors (Lipinski definition) is 3. The Morgan fingerprint density at radius 3 is 2.56 bits per heavy atom. The molecule has 0 amide bonds. The van der Waals surface area contributed by atoms with Crippen LogP contribution >= 0.6 is 0 Å². The van der Waals surface area contributed by atoms with Crippen molar-refractivity contribution in [2.24, 2.45) is 5.92 Å². The van der Waals surface area contributed by atoms with Crippen molar-refractivity contribution < 1.29 is 9.53 Å². The van der Waals surface area contributed by atoms with Crippen LogP contribution in [0.2, 0.25) is 0 Å². The number of rotatable bonds is 5. The Labute approximate surface area is 96.6 Å². The molecule has 0 bridgehead atoms. The van der Waals surface area contributed by atoms with Gasteiger partial charge in [0.15, 0.2) is 0 Å². The van der Waals surface area contributed by atoms with E-state index in [-0.39, 0.29) is 5.97 Å². The lowest BCUT2D eigenvalue weighted by Gasteiger charge is -2.10. The van der Waals surface area contributed by atoms with Crippen LogP contribution in [0.25, 0.3) is 0 Å². The van der Waals surface area contributed by atoms with Gasteiger partial charge in [-0.05, 0) is 36.6 Å². The first-order valence-corrected chi connectivity index (χ1v) is 5.66. The van der Waals surface area contributed by atoms with Crippen LogP contribution in [0.5, 0.6) is 0 Å². The molecular weight excluding hydrogens is 202 g/mol. The third-order valence-electron chi connectivity index (χ3n) is 2.43. The Morgan fingerprint density at radius 2 is 2.00 bits per heavy atom. The van der Waals surface area contributed by atoms with Crippen LogP contribution in [0.15, 0.2) is 24.3 Å². The molecule has 1 aromatic rings. The topological polar surface area (TPSA) is 52.3 Å². The first-order valence-electron chi connectivity index (χ1n) is 5.66. The first-order chi connectivity index (χ1) is 7.63. The van der Waals surface area contributed by atoms with Crippen molar-refractivity contribution >= 4 is 11.7 Å². The Hall–Kier alpha value is -1.51. The van der Waals surface area contributed by atoms with E-state index in [9.17, 15) is 4.79 Å². The fourth-order valence-corrected chi connectivity index (χ4v) is 1.50. The molecule has 0 fully saturated rings. The summed E-state index contributed by atoms with van der Waals surface area (Å²) in [4.78, 5) is 11.6. The lowest BCUT2D eigenvalue weighted by molar-refractivity contribution is 0.0443. The molecule has 0 heterocycles. The number of anilines is 1. The molecule has 0 saturated heterocycles. The molecule has 1 rings (SSSR count). The quantitative estimate of drug-likeness (QED) is 0.614. The lowest BCUT2D eigenvalue weighted by Crippen LogP contribution is -2.12. The second-order valence-corrected chi connectivity index (χ2v) is 4.11. The Balaban J connectivity index is 2.43. The molecule has 0 saturated carbocycles. The molecule has 88 valence electrons. The summed E-state index contributed by atoms with van der Waals surface area (Å²) in [6, 6.07) is 6.77. The predicted molar refractivity (Wildman–Crippen MR) is 65.2 cm³/mol. The highest BCUT2D eigenvalue weighted by Crippen LogP contribution is 2.09. The van der Waals surface area contributed by atoms with E-state index in [0.29, 0.717) is 23.8 Å². The summed E-state index contributed by atoms with van der Waals surface area (Å²) in [6.07, 6.45) is 2.19. The summed E-state index contributed by atoms with van der Waals surface area (Å²) >= 11 is 0. The molecule has 1 atom stereocenters. The van der Waals surface area contributed by atoms with Crippen molar-refractivity contribution in [1.29, 1.82) is 0 Å². The van der Waals surface area contributed by atoms with Crippen molar-refractivity contribution in [3.05, 3.63) is 29.8 Å². The Bertz CT molecular complexity index is 332. The molecular formula is C13H19NO2. The number of nitrogen functional groups attached to an aromatic ring is 1. The fourth-order valence-electron chi connectivity index (χ4n) is 1.50. The van der Waals surface area contributed by atoms with Gasteiger partial charge in [0.1, 0.15) is 0 Å². The molecule has 0 aromatic heterocycles. The zero-order valence-corrected chi connectivity index (χ0v) is 9.90. The molecule has 1 unspecified atom stereocenters. The van der Waals surface area contributed by atoms with E-state index in [2.05, 4.69) is 13.8 Å². The van der Waals surface area contributed by atoms with E-state index < -0.39 is 0 Å². The molecule has 1 aromatic carbocycles. The number of nitrogens with two attached hydrogens (primary N) is 1. The van der Waals surface area contributed by atoms with E-state index in [1.807, 2.05) is 0 Å². The highest BCUT2D eigenvalue weighted by atomic mass is 16.5. The number of esters is 1. The van der Waals surface area contributed by atoms with Crippen LogP contribution in [-0.4, -0.2) is 12.6 Å². The molecule has 3 heteroatoms. The SMILES string of the molecule is CCCC(C)COC(=O)c1ccc(N)cc1. The molecule has 2 N–H and O–H groups in total. The van der Waals surface area contributed by atoms with Gasteiger partial charge in [-0.1, -0.05) is 20.3 Å². The molecule has 3 nitrogen and oxygen atoms in total. The minimum atomic E-state index is -0.275. The Kier molecular flexibility index (Phi) is 4.83. The van der Waals surface area contributed by atoms with Gasteiger partial charge in [-0.3, -0.25) is 0 Å². The van der Waals surface area contributed by atoms with Gasteiger partial charge in [0.25, 0.3) is 0 Å². The maximum atomic E-state index is 11.6. The van der Waals surface area contributed by atoms with Crippen LogP contribution < -0.4 is 5.73 Å². The average molecular weight is 221 g/mol. The summed E-state index contributed by atoms with van der Waals surface area (Å²) < 4.78 is 5.20. The van der Waals surface area contributed by atoms with Crippen LogP contribution in [0.4, 0.5) is 5.69 Å². The van der Waals surface area contributed by atoms with Crippen molar-refractivity contribution in [1.82, 2.24) is 0 Å². The van der Waals surface area contributed by atoms with Gasteiger partial charge in [0, 0.05) is 5.69 Å². The minimum Gasteiger partial charge on any atom is -0.462 e. The van der Waals surface area contributed by atoms with E-state index in [1.54, 1.807) is 24.3 Å². The number of benzene rings is 1. The number of carbonyl (C=O) groups excluding carboxylic acids is 1. The van der Waals surface area contributed by atoms with Crippen LogP contribution in [0.3, 0.4) is 0 Å². The second-order valence-electron chi connectivity index (χ2n) is 4.11. The normalized spacial score (nSPS) is 12.1. The van der Waals surface area contributed by atoms with Gasteiger partial charge in [-0.15, -0.1) is 0 Å². The molecule has 0 aliphatic heterocycles. The van der Waals surface area contributed by atoms with Gasteiger partial charge >= 0.3 is 5.97 Å². The molecule has 0 radical (unpaired) electrons. The monoisotopic (exact) mass is 221 g/mol. The number of hydrogen-bond donors (Lipinski definition) is 1. The third-order valence-corrected chi connectivity index (χ3v) is 2.43. The van der Waals surface area contributed by atoms with Gasteiger partial charge < -0.3 is 10.5 Å². The van der Waals surface area contributed by atoms with Crippen molar-refractivity contribution in [2.75, 3.05) is 12.3 Å². The smallest absolute Gasteiger partial charge is 0.338 e. The van der Waals surface area contributed by atoms with E-state index in [0.717, 1.165) is 12.8 Å². The zero-order chi connectivity index (χ0) is 12.0. The van der Waals surface area contributed by atoms with Crippen LogP contribution in [-0.2, 0) is 4.74 Å².